The van der Waals surface area contributed by atoms with Crippen molar-refractivity contribution < 1.29 is 4.79 Å². The van der Waals surface area contributed by atoms with Crippen LogP contribution in [-0.2, 0) is 4.79 Å². The Hall–Kier alpha value is -0.260. The van der Waals surface area contributed by atoms with Gasteiger partial charge in [0.1, 0.15) is 0 Å². The lowest BCUT2D eigenvalue weighted by Crippen LogP contribution is -2.44. The molecule has 1 atom stereocenters. The number of hydrazine groups is 1. The first-order valence-corrected chi connectivity index (χ1v) is 3.22. The number of carbonyl (C=O) groups excluding carboxylic acids is 1. The minimum Gasteiger partial charge on any atom is -0.320 e. The van der Waals surface area contributed by atoms with Gasteiger partial charge in [-0.1, -0.05) is 0 Å². The van der Waals surface area contributed by atoms with Gasteiger partial charge in [-0.2, -0.15) is 12.6 Å². The van der Waals surface area contributed by atoms with E-state index < -0.39 is 6.04 Å². The molecule has 5 heteroatoms. The zero-order chi connectivity index (χ0) is 7.28. The van der Waals surface area contributed by atoms with Crippen molar-refractivity contribution in [2.24, 2.45) is 11.6 Å². The molecule has 0 aromatic carbocycles. The van der Waals surface area contributed by atoms with Crippen molar-refractivity contribution in [3.05, 3.63) is 0 Å². The van der Waals surface area contributed by atoms with Crippen molar-refractivity contribution in [1.82, 2.24) is 5.43 Å². The maximum absolute atomic E-state index is 10.5. The second kappa shape index (κ2) is 4.60. The van der Waals surface area contributed by atoms with Gasteiger partial charge in [-0.25, -0.2) is 5.84 Å². The summed E-state index contributed by atoms with van der Waals surface area (Å²) < 4.78 is 0. The average Bonchev–Trinajstić information content (AvgIpc) is 1.87. The Morgan fingerprint density at radius 2 is 2.33 bits per heavy atom. The molecule has 1 amide bonds. The standard InChI is InChI=1S/C4H11N3OS/c5-3(1-2-9)4(8)7-6/h3,9H,1-2,5-6H2,(H,7,8). The Balaban J connectivity index is 3.45. The van der Waals surface area contributed by atoms with E-state index in [1.165, 1.54) is 0 Å². The van der Waals surface area contributed by atoms with E-state index in [9.17, 15) is 4.79 Å². The summed E-state index contributed by atoms with van der Waals surface area (Å²) in [6, 6.07) is -0.521. The summed E-state index contributed by atoms with van der Waals surface area (Å²) in [5, 5.41) is 0. The van der Waals surface area contributed by atoms with Gasteiger partial charge in [-0.05, 0) is 12.2 Å². The first-order chi connectivity index (χ1) is 4.22. The van der Waals surface area contributed by atoms with E-state index in [-0.39, 0.29) is 5.91 Å². The third-order valence-corrected chi connectivity index (χ3v) is 1.18. The predicted octanol–water partition coefficient (Wildman–Crippen LogP) is -1.38. The van der Waals surface area contributed by atoms with E-state index in [0.717, 1.165) is 0 Å². The van der Waals surface area contributed by atoms with Crippen LogP contribution in [-0.4, -0.2) is 17.7 Å². The maximum atomic E-state index is 10.5. The molecule has 0 heterocycles. The highest BCUT2D eigenvalue weighted by Crippen LogP contribution is 1.88. The molecule has 0 bridgehead atoms. The molecule has 0 aromatic heterocycles. The van der Waals surface area contributed by atoms with Crippen molar-refractivity contribution in [2.45, 2.75) is 12.5 Å². The number of carbonyl (C=O) groups is 1. The fraction of sp³-hybridized carbons (Fsp3) is 0.750. The van der Waals surface area contributed by atoms with Crippen LogP contribution in [0.3, 0.4) is 0 Å². The van der Waals surface area contributed by atoms with E-state index in [1.807, 2.05) is 5.43 Å². The summed E-state index contributed by atoms with van der Waals surface area (Å²) in [6.07, 6.45) is 0.548. The molecule has 0 fully saturated rings. The van der Waals surface area contributed by atoms with Gasteiger partial charge < -0.3 is 5.73 Å². The molecule has 9 heavy (non-hydrogen) atoms. The van der Waals surface area contributed by atoms with Crippen LogP contribution in [0.5, 0.6) is 0 Å². The van der Waals surface area contributed by atoms with Crippen LogP contribution in [0.2, 0.25) is 0 Å². The molecule has 0 spiro atoms. The Labute approximate surface area is 59.4 Å². The van der Waals surface area contributed by atoms with Gasteiger partial charge in [0.15, 0.2) is 0 Å². The van der Waals surface area contributed by atoms with Gasteiger partial charge in [-0.3, -0.25) is 10.2 Å². The van der Waals surface area contributed by atoms with Crippen LogP contribution < -0.4 is 17.0 Å². The summed E-state index contributed by atoms with van der Waals surface area (Å²) >= 11 is 3.89. The lowest BCUT2D eigenvalue weighted by atomic mass is 10.2. The van der Waals surface area contributed by atoms with Gasteiger partial charge in [0, 0.05) is 0 Å². The minimum atomic E-state index is -0.521. The number of rotatable bonds is 3. The fourth-order valence-electron chi connectivity index (χ4n) is 0.377. The monoisotopic (exact) mass is 149 g/mol. The molecule has 0 aromatic rings. The summed E-state index contributed by atoms with van der Waals surface area (Å²) in [6.45, 7) is 0. The molecular weight excluding hydrogens is 138 g/mol. The van der Waals surface area contributed by atoms with E-state index in [0.29, 0.717) is 12.2 Å². The minimum absolute atomic E-state index is 0.343. The molecule has 0 radical (unpaired) electrons. The largest absolute Gasteiger partial charge is 0.320 e. The Morgan fingerprint density at radius 1 is 1.78 bits per heavy atom. The summed E-state index contributed by atoms with van der Waals surface area (Å²) in [4.78, 5) is 10.5. The molecule has 0 aliphatic heterocycles. The first kappa shape index (κ1) is 8.74. The van der Waals surface area contributed by atoms with Crippen LogP contribution in [0, 0.1) is 0 Å². The number of nitrogens with two attached hydrogens (primary N) is 2. The Kier molecular flexibility index (Phi) is 4.47. The zero-order valence-electron chi connectivity index (χ0n) is 5.00. The maximum Gasteiger partial charge on any atom is 0.250 e. The molecule has 1 unspecified atom stereocenters. The molecule has 4 nitrogen and oxygen atoms in total. The van der Waals surface area contributed by atoms with Crippen molar-refractivity contribution in [3.8, 4) is 0 Å². The van der Waals surface area contributed by atoms with Crippen LogP contribution in [0.15, 0.2) is 0 Å². The number of thiol groups is 1. The molecule has 0 saturated heterocycles. The number of nitrogens with one attached hydrogen (secondary N) is 1. The number of hydrogen-bond donors (Lipinski definition) is 4. The normalized spacial score (nSPS) is 12.8. The zero-order valence-corrected chi connectivity index (χ0v) is 5.90. The van der Waals surface area contributed by atoms with Crippen LogP contribution in [0.4, 0.5) is 0 Å². The highest BCUT2D eigenvalue weighted by molar-refractivity contribution is 7.80. The fourth-order valence-corrected chi connectivity index (χ4v) is 0.655. The average molecular weight is 149 g/mol. The summed E-state index contributed by atoms with van der Waals surface area (Å²) in [5.74, 6) is 5.05. The van der Waals surface area contributed by atoms with E-state index in [4.69, 9.17) is 11.6 Å². The third-order valence-electron chi connectivity index (χ3n) is 0.919. The van der Waals surface area contributed by atoms with Gasteiger partial charge in [0.2, 0.25) is 0 Å². The molecule has 0 aliphatic rings. The van der Waals surface area contributed by atoms with Crippen molar-refractivity contribution >= 4 is 18.5 Å². The molecule has 0 rings (SSSR count). The van der Waals surface area contributed by atoms with Crippen LogP contribution in [0.25, 0.3) is 0 Å². The van der Waals surface area contributed by atoms with Gasteiger partial charge in [-0.15, -0.1) is 0 Å². The first-order valence-electron chi connectivity index (χ1n) is 2.59. The smallest absolute Gasteiger partial charge is 0.250 e. The molecule has 0 aliphatic carbocycles. The molecular formula is C4H11N3OS. The summed E-state index contributed by atoms with van der Waals surface area (Å²) in [7, 11) is 0. The van der Waals surface area contributed by atoms with Gasteiger partial charge in [0.25, 0.3) is 5.91 Å². The lowest BCUT2D eigenvalue weighted by molar-refractivity contribution is -0.122. The van der Waals surface area contributed by atoms with Crippen molar-refractivity contribution in [1.29, 1.82) is 0 Å². The van der Waals surface area contributed by atoms with Crippen molar-refractivity contribution in [2.75, 3.05) is 5.75 Å². The lowest BCUT2D eigenvalue weighted by Gasteiger charge is -2.05. The highest BCUT2D eigenvalue weighted by atomic mass is 32.1. The molecule has 54 valence electrons. The molecule has 5 N–H and O–H groups in total. The third kappa shape index (κ3) is 3.34. The SMILES string of the molecule is NNC(=O)C(N)CCS. The van der Waals surface area contributed by atoms with Crippen LogP contribution >= 0.6 is 12.6 Å². The second-order valence-electron chi connectivity index (χ2n) is 1.63. The van der Waals surface area contributed by atoms with Crippen molar-refractivity contribution in [3.63, 3.8) is 0 Å². The predicted molar refractivity (Wildman–Crippen MR) is 38.8 cm³/mol. The topological polar surface area (TPSA) is 81.1 Å². The highest BCUT2D eigenvalue weighted by Gasteiger charge is 2.08. The van der Waals surface area contributed by atoms with E-state index in [2.05, 4.69) is 12.6 Å². The summed E-state index contributed by atoms with van der Waals surface area (Å²) in [5.41, 5.74) is 7.25. The van der Waals surface area contributed by atoms with Gasteiger partial charge in [0.05, 0.1) is 6.04 Å². The number of hydrogen-bond acceptors (Lipinski definition) is 4. The second-order valence-corrected chi connectivity index (χ2v) is 2.07. The van der Waals surface area contributed by atoms with Gasteiger partial charge >= 0.3 is 0 Å². The Morgan fingerprint density at radius 3 is 2.67 bits per heavy atom. The van der Waals surface area contributed by atoms with E-state index >= 15 is 0 Å². The van der Waals surface area contributed by atoms with E-state index in [1.54, 1.807) is 0 Å². The Bertz CT molecular complexity index is 97.8. The number of amides is 1. The molecule has 0 saturated carbocycles. The van der Waals surface area contributed by atoms with Crippen LogP contribution in [0.1, 0.15) is 6.42 Å². The quantitative estimate of drug-likeness (QED) is 0.173.